The zero-order valence-corrected chi connectivity index (χ0v) is 9.38. The molecule has 0 saturated carbocycles. The number of aliphatic hydroxyl groups excluding tert-OH is 1. The van der Waals surface area contributed by atoms with Crippen LogP contribution in [-0.2, 0) is 6.61 Å². The second-order valence-corrected chi connectivity index (χ2v) is 4.06. The molecule has 0 amide bonds. The van der Waals surface area contributed by atoms with E-state index in [0.717, 1.165) is 11.4 Å². The van der Waals surface area contributed by atoms with Gasteiger partial charge in [-0.1, -0.05) is 30.3 Å². The quantitative estimate of drug-likeness (QED) is 0.709. The Labute approximate surface area is 99.7 Å². The van der Waals surface area contributed by atoms with Crippen LogP contribution in [0, 0.1) is 0 Å². The molecule has 0 aliphatic rings. The van der Waals surface area contributed by atoms with Crippen molar-refractivity contribution in [3.05, 3.63) is 66.5 Å². The molecule has 0 bridgehead atoms. The van der Waals surface area contributed by atoms with Crippen molar-refractivity contribution < 1.29 is 5.11 Å². The first-order chi connectivity index (χ1) is 8.38. The maximum absolute atomic E-state index is 9.26. The van der Waals surface area contributed by atoms with Crippen LogP contribution >= 0.6 is 0 Å². The van der Waals surface area contributed by atoms with Gasteiger partial charge in [-0.3, -0.25) is 0 Å². The highest BCUT2D eigenvalue weighted by atomic mass is 16.3. The molecule has 2 nitrogen and oxygen atoms in total. The Bertz CT molecular complexity index is 655. The Balaban J connectivity index is 2.18. The summed E-state index contributed by atoms with van der Waals surface area (Å²) in [5.41, 5.74) is 1.98. The molecule has 84 valence electrons. The fraction of sp³-hybridized carbons (Fsp3) is 0.0667. The van der Waals surface area contributed by atoms with Gasteiger partial charge in [-0.2, -0.15) is 0 Å². The predicted molar refractivity (Wildman–Crippen MR) is 69.2 cm³/mol. The van der Waals surface area contributed by atoms with Gasteiger partial charge in [0, 0.05) is 17.6 Å². The molecule has 17 heavy (non-hydrogen) atoms. The minimum atomic E-state index is 0.0554. The highest BCUT2D eigenvalue weighted by Gasteiger charge is 2.02. The number of fused-ring (bicyclic) bond motifs is 1. The molecule has 3 aromatic rings. The minimum Gasteiger partial charge on any atom is -0.390 e. The highest BCUT2D eigenvalue weighted by Crippen LogP contribution is 2.20. The summed E-state index contributed by atoms with van der Waals surface area (Å²) in [4.78, 5) is 0. The molecule has 0 radical (unpaired) electrons. The summed E-state index contributed by atoms with van der Waals surface area (Å²) >= 11 is 0. The van der Waals surface area contributed by atoms with E-state index in [-0.39, 0.29) is 6.61 Å². The van der Waals surface area contributed by atoms with E-state index >= 15 is 0 Å². The summed E-state index contributed by atoms with van der Waals surface area (Å²) < 4.78 is 2.01. The lowest BCUT2D eigenvalue weighted by Crippen LogP contribution is -1.98. The highest BCUT2D eigenvalue weighted by molar-refractivity contribution is 5.84. The van der Waals surface area contributed by atoms with Crippen LogP contribution in [0.5, 0.6) is 0 Å². The van der Waals surface area contributed by atoms with Crippen LogP contribution in [0.3, 0.4) is 0 Å². The Kier molecular flexibility index (Phi) is 2.42. The van der Waals surface area contributed by atoms with Crippen LogP contribution < -0.4 is 0 Å². The van der Waals surface area contributed by atoms with Crippen molar-refractivity contribution in [1.29, 1.82) is 0 Å². The van der Waals surface area contributed by atoms with Gasteiger partial charge in [-0.05, 0) is 35.0 Å². The number of nitrogens with zero attached hydrogens (tertiary/aromatic N) is 1. The topological polar surface area (TPSA) is 25.2 Å². The second-order valence-electron chi connectivity index (χ2n) is 4.06. The molecule has 0 spiro atoms. The summed E-state index contributed by atoms with van der Waals surface area (Å²) in [5, 5.41) is 11.7. The molecule has 0 fully saturated rings. The average molecular weight is 223 g/mol. The van der Waals surface area contributed by atoms with Crippen LogP contribution in [-0.4, -0.2) is 9.67 Å². The molecule has 0 saturated heterocycles. The van der Waals surface area contributed by atoms with E-state index in [1.165, 1.54) is 10.8 Å². The van der Waals surface area contributed by atoms with Gasteiger partial charge in [-0.25, -0.2) is 0 Å². The predicted octanol–water partition coefficient (Wildman–Crippen LogP) is 3.12. The lowest BCUT2D eigenvalue weighted by atomic mass is 10.1. The molecular weight excluding hydrogens is 210 g/mol. The molecule has 1 heterocycles. The molecule has 0 aliphatic heterocycles. The van der Waals surface area contributed by atoms with E-state index in [1.54, 1.807) is 0 Å². The molecule has 3 rings (SSSR count). The number of aromatic nitrogens is 1. The molecule has 1 N–H and O–H groups in total. The van der Waals surface area contributed by atoms with E-state index in [4.69, 9.17) is 0 Å². The lowest BCUT2D eigenvalue weighted by Gasteiger charge is -2.08. The van der Waals surface area contributed by atoms with E-state index in [1.807, 2.05) is 35.0 Å². The monoisotopic (exact) mass is 223 g/mol. The van der Waals surface area contributed by atoms with Gasteiger partial charge in [0.05, 0.1) is 6.61 Å². The van der Waals surface area contributed by atoms with Crippen molar-refractivity contribution in [2.24, 2.45) is 0 Å². The molecule has 0 unspecified atom stereocenters. The summed E-state index contributed by atoms with van der Waals surface area (Å²) in [6.45, 7) is 0.0554. The molecule has 0 atom stereocenters. The molecule has 1 aromatic heterocycles. The molecule has 2 aromatic carbocycles. The molecule has 2 heteroatoms. The van der Waals surface area contributed by atoms with Gasteiger partial charge >= 0.3 is 0 Å². The third-order valence-corrected chi connectivity index (χ3v) is 3.01. The van der Waals surface area contributed by atoms with E-state index in [0.29, 0.717) is 0 Å². The van der Waals surface area contributed by atoms with Crippen molar-refractivity contribution in [1.82, 2.24) is 4.57 Å². The summed E-state index contributed by atoms with van der Waals surface area (Å²) in [5.74, 6) is 0. The fourth-order valence-corrected chi connectivity index (χ4v) is 2.12. The summed E-state index contributed by atoms with van der Waals surface area (Å²) in [6, 6.07) is 18.5. The lowest BCUT2D eigenvalue weighted by molar-refractivity contribution is 0.274. The van der Waals surface area contributed by atoms with Crippen molar-refractivity contribution >= 4 is 10.8 Å². The number of hydrogen-bond acceptors (Lipinski definition) is 1. The van der Waals surface area contributed by atoms with Crippen molar-refractivity contribution in [2.45, 2.75) is 6.61 Å². The Morgan fingerprint density at radius 1 is 0.882 bits per heavy atom. The van der Waals surface area contributed by atoms with E-state index in [9.17, 15) is 5.11 Å². The van der Waals surface area contributed by atoms with Gasteiger partial charge in [0.1, 0.15) is 0 Å². The zero-order valence-electron chi connectivity index (χ0n) is 9.38. The maximum Gasteiger partial charge on any atom is 0.0836 e. The zero-order chi connectivity index (χ0) is 11.7. The first kappa shape index (κ1) is 10.1. The number of benzene rings is 2. The number of rotatable bonds is 2. The third kappa shape index (κ3) is 1.73. The first-order valence-electron chi connectivity index (χ1n) is 5.65. The van der Waals surface area contributed by atoms with Crippen LogP contribution in [0.1, 0.15) is 5.69 Å². The SMILES string of the molecule is OCc1cccn1-c1ccc2ccccc2c1. The van der Waals surface area contributed by atoms with Gasteiger partial charge < -0.3 is 9.67 Å². The van der Waals surface area contributed by atoms with E-state index in [2.05, 4.69) is 30.3 Å². The van der Waals surface area contributed by atoms with Crippen LogP contribution in [0.4, 0.5) is 0 Å². The standard InChI is InChI=1S/C15H13NO/c17-11-15-6-3-9-16(15)14-8-7-12-4-1-2-5-13(12)10-14/h1-10,17H,11H2. The van der Waals surface area contributed by atoms with Crippen LogP contribution in [0.25, 0.3) is 16.5 Å². The van der Waals surface area contributed by atoms with Crippen molar-refractivity contribution in [3.8, 4) is 5.69 Å². The van der Waals surface area contributed by atoms with Crippen molar-refractivity contribution in [3.63, 3.8) is 0 Å². The smallest absolute Gasteiger partial charge is 0.0836 e. The second kappa shape index (κ2) is 4.07. The number of hydrogen-bond donors (Lipinski definition) is 1. The van der Waals surface area contributed by atoms with Crippen LogP contribution in [0.15, 0.2) is 60.8 Å². The van der Waals surface area contributed by atoms with Gasteiger partial charge in [0.2, 0.25) is 0 Å². The normalized spacial score (nSPS) is 10.9. The Morgan fingerprint density at radius 3 is 2.53 bits per heavy atom. The Morgan fingerprint density at radius 2 is 1.71 bits per heavy atom. The molecule has 0 aliphatic carbocycles. The molecular formula is C15H13NO. The fourth-order valence-electron chi connectivity index (χ4n) is 2.12. The number of aliphatic hydroxyl groups is 1. The Hall–Kier alpha value is -2.06. The van der Waals surface area contributed by atoms with Gasteiger partial charge in [0.15, 0.2) is 0 Å². The van der Waals surface area contributed by atoms with Gasteiger partial charge in [-0.15, -0.1) is 0 Å². The maximum atomic E-state index is 9.26. The van der Waals surface area contributed by atoms with Crippen LogP contribution in [0.2, 0.25) is 0 Å². The van der Waals surface area contributed by atoms with E-state index < -0.39 is 0 Å². The largest absolute Gasteiger partial charge is 0.390 e. The first-order valence-corrected chi connectivity index (χ1v) is 5.65. The minimum absolute atomic E-state index is 0.0554. The summed E-state index contributed by atoms with van der Waals surface area (Å²) in [7, 11) is 0. The third-order valence-electron chi connectivity index (χ3n) is 3.01. The van der Waals surface area contributed by atoms with Gasteiger partial charge in [0.25, 0.3) is 0 Å². The van der Waals surface area contributed by atoms with Crippen molar-refractivity contribution in [2.75, 3.05) is 0 Å². The average Bonchev–Trinajstić information content (AvgIpc) is 2.86. The summed E-state index contributed by atoms with van der Waals surface area (Å²) in [6.07, 6.45) is 1.97.